The van der Waals surface area contributed by atoms with Crippen LogP contribution in [0.25, 0.3) is 0 Å². The second-order valence-corrected chi connectivity index (χ2v) is 11.9. The number of piperidine rings is 1. The Morgan fingerprint density at radius 3 is 2.13 bits per heavy atom. The average Bonchev–Trinajstić information content (AvgIpc) is 2.66. The third kappa shape index (κ3) is 7.89. The number of rotatable bonds is 7. The molecular weight excluding hydrogens is 476 g/mol. The smallest absolute Gasteiger partial charge is 0.240 e. The van der Waals surface area contributed by atoms with Crippen molar-refractivity contribution in [3.8, 4) is 0 Å². The van der Waals surface area contributed by atoms with Gasteiger partial charge >= 0.3 is 0 Å². The number of likely N-dealkylation sites (tertiary alicyclic amines) is 1. The van der Waals surface area contributed by atoms with Gasteiger partial charge in [-0.2, -0.15) is 0 Å². The molecule has 2 aliphatic rings. The second kappa shape index (κ2) is 11.9. The molecule has 7 nitrogen and oxygen atoms in total. The predicted molar refractivity (Wildman–Crippen MR) is 104 cm³/mol. The van der Waals surface area contributed by atoms with Gasteiger partial charge in [-0.05, 0) is 24.3 Å². The van der Waals surface area contributed by atoms with Gasteiger partial charge in [0.15, 0.2) is 9.84 Å². The molecule has 0 unspecified atom stereocenters. The molecule has 0 radical (unpaired) electrons. The maximum atomic E-state index is 12.9. The lowest BCUT2D eigenvalue weighted by Gasteiger charge is -2.36. The standard InChI is InChI=1S/C18H28FN3O4S2.2ClH/c19-16-2-4-18(5-3-16)28(25,26)20-8-1-9-21-10-6-17(7-11-21)22-12-14-27(23,24)15-13-22;;/h2-5,17,20H,1,6-15H2;2*1H. The van der Waals surface area contributed by atoms with Gasteiger partial charge in [-0.25, -0.2) is 25.9 Å². The maximum absolute atomic E-state index is 12.9. The van der Waals surface area contributed by atoms with Crippen LogP contribution in [0.5, 0.6) is 0 Å². The number of hydrogen-bond donors (Lipinski definition) is 3. The summed E-state index contributed by atoms with van der Waals surface area (Å²) in [6.07, 6.45) is 2.92. The van der Waals surface area contributed by atoms with Gasteiger partial charge in [0.1, 0.15) is 5.82 Å². The van der Waals surface area contributed by atoms with Crippen LogP contribution in [0.2, 0.25) is 0 Å². The molecule has 2 aliphatic heterocycles. The summed E-state index contributed by atoms with van der Waals surface area (Å²) in [4.78, 5) is 2.98. The molecule has 0 saturated carbocycles. The number of quaternary nitrogens is 2. The minimum atomic E-state index is -3.59. The van der Waals surface area contributed by atoms with Crippen LogP contribution in [0.1, 0.15) is 19.3 Å². The van der Waals surface area contributed by atoms with Crippen LogP contribution in [0.4, 0.5) is 4.39 Å². The van der Waals surface area contributed by atoms with Crippen molar-refractivity contribution in [2.24, 2.45) is 0 Å². The van der Waals surface area contributed by atoms with Crippen molar-refractivity contribution in [2.75, 3.05) is 50.8 Å². The quantitative estimate of drug-likeness (QED) is 0.321. The fraction of sp³-hybridized carbons (Fsp3) is 0.667. The van der Waals surface area contributed by atoms with Crippen molar-refractivity contribution in [3.05, 3.63) is 30.1 Å². The monoisotopic (exact) mass is 505 g/mol. The van der Waals surface area contributed by atoms with Crippen molar-refractivity contribution < 1.29 is 55.8 Å². The first kappa shape index (κ1) is 27.5. The number of hydrogen-bond acceptors (Lipinski definition) is 4. The highest BCUT2D eigenvalue weighted by Crippen LogP contribution is 2.09. The lowest BCUT2D eigenvalue weighted by atomic mass is 10.0. The Labute approximate surface area is 191 Å². The Balaban J connectivity index is 0.00000225. The van der Waals surface area contributed by atoms with E-state index in [9.17, 15) is 21.2 Å². The van der Waals surface area contributed by atoms with E-state index in [0.717, 1.165) is 64.1 Å². The van der Waals surface area contributed by atoms with Gasteiger partial charge in [0.2, 0.25) is 10.0 Å². The fourth-order valence-electron chi connectivity index (χ4n) is 4.13. The van der Waals surface area contributed by atoms with Gasteiger partial charge in [0.05, 0.1) is 55.2 Å². The van der Waals surface area contributed by atoms with E-state index in [1.807, 2.05) is 0 Å². The summed E-state index contributed by atoms with van der Waals surface area (Å²) >= 11 is 0. The first-order chi connectivity index (χ1) is 13.3. The molecule has 1 aromatic carbocycles. The van der Waals surface area contributed by atoms with E-state index in [4.69, 9.17) is 0 Å². The first-order valence-corrected chi connectivity index (χ1v) is 13.2. The molecule has 0 atom stereocenters. The molecule has 12 heteroatoms. The lowest BCUT2D eigenvalue weighted by molar-refractivity contribution is -0.956. The number of halogens is 3. The first-order valence-electron chi connectivity index (χ1n) is 9.89. The molecule has 0 aromatic heterocycles. The van der Waals surface area contributed by atoms with E-state index in [2.05, 4.69) is 4.72 Å². The number of benzene rings is 1. The maximum Gasteiger partial charge on any atom is 0.240 e. The molecule has 2 saturated heterocycles. The zero-order chi connectivity index (χ0) is 20.2. The van der Waals surface area contributed by atoms with Crippen molar-refractivity contribution >= 4 is 19.9 Å². The van der Waals surface area contributed by atoms with Crippen molar-refractivity contribution in [1.29, 1.82) is 0 Å². The molecule has 0 amide bonds. The Kier molecular flexibility index (Phi) is 11.0. The van der Waals surface area contributed by atoms with Crippen LogP contribution in [0.15, 0.2) is 29.2 Å². The highest BCUT2D eigenvalue weighted by Gasteiger charge is 2.34. The second-order valence-electron chi connectivity index (χ2n) is 7.79. The summed E-state index contributed by atoms with van der Waals surface area (Å²) in [7, 11) is -6.41. The minimum Gasteiger partial charge on any atom is -1.00 e. The predicted octanol–water partition coefficient (Wildman–Crippen LogP) is -8.14. The number of sulfonamides is 1. The molecule has 3 rings (SSSR count). The topological polar surface area (TPSA) is 89.2 Å². The van der Waals surface area contributed by atoms with Gasteiger partial charge < -0.3 is 34.6 Å². The molecule has 30 heavy (non-hydrogen) atoms. The molecule has 0 bridgehead atoms. The molecule has 0 spiro atoms. The lowest BCUT2D eigenvalue weighted by Crippen LogP contribution is -3.21. The number of nitrogens with one attached hydrogen (secondary N) is 3. The van der Waals surface area contributed by atoms with Gasteiger partial charge in [0, 0.05) is 25.8 Å². The number of sulfone groups is 1. The third-order valence-corrected chi connectivity index (χ3v) is 8.99. The van der Waals surface area contributed by atoms with Crippen LogP contribution in [0, 0.1) is 5.82 Å². The highest BCUT2D eigenvalue weighted by molar-refractivity contribution is 7.91. The van der Waals surface area contributed by atoms with Crippen molar-refractivity contribution in [3.63, 3.8) is 0 Å². The summed E-state index contributed by atoms with van der Waals surface area (Å²) < 4.78 is 63.0. The Morgan fingerprint density at radius 1 is 1.00 bits per heavy atom. The minimum absolute atomic E-state index is 0. The summed E-state index contributed by atoms with van der Waals surface area (Å²) in [5, 5.41) is 0. The fourth-order valence-corrected chi connectivity index (χ4v) is 6.56. The molecule has 3 N–H and O–H groups in total. The van der Waals surface area contributed by atoms with Gasteiger partial charge in [0.25, 0.3) is 0 Å². The van der Waals surface area contributed by atoms with E-state index in [1.54, 1.807) is 0 Å². The van der Waals surface area contributed by atoms with Crippen LogP contribution in [-0.4, -0.2) is 73.7 Å². The van der Waals surface area contributed by atoms with E-state index >= 15 is 0 Å². The molecule has 0 aliphatic carbocycles. The van der Waals surface area contributed by atoms with E-state index < -0.39 is 25.7 Å². The zero-order valence-corrected chi connectivity index (χ0v) is 19.9. The molecule has 2 heterocycles. The zero-order valence-electron chi connectivity index (χ0n) is 16.7. The van der Waals surface area contributed by atoms with Crippen LogP contribution in [0.3, 0.4) is 0 Å². The summed E-state index contributed by atoms with van der Waals surface area (Å²) in [5.74, 6) is 0.159. The Hall–Kier alpha value is -0.490. The van der Waals surface area contributed by atoms with Gasteiger partial charge in [-0.3, -0.25) is 0 Å². The van der Waals surface area contributed by atoms with Crippen molar-refractivity contribution in [1.82, 2.24) is 4.72 Å². The summed E-state index contributed by atoms with van der Waals surface area (Å²) in [6.45, 7) is 4.82. The van der Waals surface area contributed by atoms with Crippen LogP contribution < -0.4 is 39.3 Å². The van der Waals surface area contributed by atoms with Gasteiger partial charge in [-0.15, -0.1) is 0 Å². The van der Waals surface area contributed by atoms with Crippen LogP contribution >= 0.6 is 0 Å². The van der Waals surface area contributed by atoms with E-state index in [1.165, 1.54) is 21.9 Å². The van der Waals surface area contributed by atoms with Gasteiger partial charge in [-0.1, -0.05) is 0 Å². The average molecular weight is 506 g/mol. The van der Waals surface area contributed by atoms with Crippen molar-refractivity contribution in [2.45, 2.75) is 30.2 Å². The van der Waals surface area contributed by atoms with E-state index in [-0.39, 0.29) is 29.7 Å². The normalized spacial score (nSPS) is 24.4. The Bertz CT molecular complexity index is 848. The van der Waals surface area contributed by atoms with Crippen LogP contribution in [-0.2, 0) is 19.9 Å². The van der Waals surface area contributed by atoms with E-state index in [0.29, 0.717) is 24.1 Å². The summed E-state index contributed by atoms with van der Waals surface area (Å²) in [6, 6.07) is 5.37. The Morgan fingerprint density at radius 2 is 1.57 bits per heavy atom. The summed E-state index contributed by atoms with van der Waals surface area (Å²) in [5.41, 5.74) is 0. The molecule has 1 aromatic rings. The highest BCUT2D eigenvalue weighted by atomic mass is 35.5. The third-order valence-electron chi connectivity index (χ3n) is 5.86. The SMILES string of the molecule is O=S1(=O)CC[NH+](C2CC[NH+](CCCNS(=O)(=O)c3ccc(F)cc3)CC2)CC1.[Cl-].[Cl-]. The molecule has 2 fully saturated rings. The molecule has 174 valence electrons. The molecular formula is C18H30Cl2FN3O4S2. The largest absolute Gasteiger partial charge is 1.00 e.